The molecule has 112 valence electrons. The Morgan fingerprint density at radius 1 is 1.35 bits per heavy atom. The molecule has 1 aliphatic carbocycles. The van der Waals surface area contributed by atoms with Gasteiger partial charge >= 0.3 is 0 Å². The van der Waals surface area contributed by atoms with Gasteiger partial charge in [-0.2, -0.15) is 5.10 Å². The first-order chi connectivity index (χ1) is 9.85. The first kappa shape index (κ1) is 14.0. The van der Waals surface area contributed by atoms with Crippen LogP contribution in [0.4, 0.5) is 0 Å². The molecule has 1 atom stereocenters. The predicted molar refractivity (Wildman–Crippen MR) is 78.5 cm³/mol. The average molecular weight is 278 g/mol. The predicted octanol–water partition coefficient (Wildman–Crippen LogP) is 0.731. The lowest BCUT2D eigenvalue weighted by Crippen LogP contribution is -2.54. The second-order valence-corrected chi connectivity index (χ2v) is 6.26. The van der Waals surface area contributed by atoms with Crippen LogP contribution in [0.2, 0.25) is 0 Å². The zero-order valence-corrected chi connectivity index (χ0v) is 12.2. The minimum atomic E-state index is 0.307. The maximum absolute atomic E-state index is 9.29. The molecule has 0 spiro atoms. The lowest BCUT2D eigenvalue weighted by atomic mass is 10.1. The summed E-state index contributed by atoms with van der Waals surface area (Å²) in [6, 6.07) is 0.540. The second kappa shape index (κ2) is 6.70. The van der Waals surface area contributed by atoms with Crippen molar-refractivity contribution in [2.24, 2.45) is 5.92 Å². The largest absolute Gasteiger partial charge is 0.396 e. The van der Waals surface area contributed by atoms with Crippen LogP contribution in [0.25, 0.3) is 0 Å². The standard InChI is InChI=1S/C15H26N4O/c20-8-4-15-12-18(5-3-14-9-16-17-10-14)6-7-19(15)11-13-1-2-13/h9-10,13,15,20H,1-8,11-12H2,(H,16,17). The minimum Gasteiger partial charge on any atom is -0.396 e. The molecule has 20 heavy (non-hydrogen) atoms. The number of H-pyrrole nitrogens is 1. The van der Waals surface area contributed by atoms with E-state index < -0.39 is 0 Å². The molecule has 0 bridgehead atoms. The normalized spacial score (nSPS) is 25.1. The molecule has 2 heterocycles. The first-order valence-corrected chi connectivity index (χ1v) is 7.90. The Morgan fingerprint density at radius 2 is 2.25 bits per heavy atom. The van der Waals surface area contributed by atoms with E-state index in [1.165, 1.54) is 24.9 Å². The van der Waals surface area contributed by atoms with E-state index in [9.17, 15) is 5.11 Å². The van der Waals surface area contributed by atoms with Crippen LogP contribution in [0.5, 0.6) is 0 Å². The van der Waals surface area contributed by atoms with Crippen molar-refractivity contribution in [3.8, 4) is 0 Å². The van der Waals surface area contributed by atoms with Crippen molar-refractivity contribution >= 4 is 0 Å². The maximum Gasteiger partial charge on any atom is 0.0519 e. The van der Waals surface area contributed by atoms with Crippen LogP contribution in [0.1, 0.15) is 24.8 Å². The van der Waals surface area contributed by atoms with Gasteiger partial charge in [0.2, 0.25) is 0 Å². The molecule has 0 aromatic carbocycles. The number of nitrogens with zero attached hydrogens (tertiary/aromatic N) is 3. The van der Waals surface area contributed by atoms with Gasteiger partial charge in [0.15, 0.2) is 0 Å². The van der Waals surface area contributed by atoms with E-state index in [2.05, 4.69) is 20.0 Å². The van der Waals surface area contributed by atoms with Gasteiger partial charge < -0.3 is 10.0 Å². The van der Waals surface area contributed by atoms with Crippen molar-refractivity contribution in [2.75, 3.05) is 39.3 Å². The number of aliphatic hydroxyl groups is 1. The number of rotatable bonds is 7. The molecule has 2 fully saturated rings. The fraction of sp³-hybridized carbons (Fsp3) is 0.800. The monoisotopic (exact) mass is 278 g/mol. The van der Waals surface area contributed by atoms with Gasteiger partial charge in [0, 0.05) is 51.6 Å². The van der Waals surface area contributed by atoms with Crippen molar-refractivity contribution < 1.29 is 5.11 Å². The molecule has 5 nitrogen and oxygen atoms in total. The van der Waals surface area contributed by atoms with Crippen LogP contribution in [0.15, 0.2) is 12.4 Å². The summed E-state index contributed by atoms with van der Waals surface area (Å²) < 4.78 is 0. The summed E-state index contributed by atoms with van der Waals surface area (Å²) in [6.07, 6.45) is 8.68. The highest BCUT2D eigenvalue weighted by atomic mass is 16.3. The Kier molecular flexibility index (Phi) is 4.70. The summed E-state index contributed by atoms with van der Waals surface area (Å²) in [4.78, 5) is 5.15. The van der Waals surface area contributed by atoms with Crippen LogP contribution < -0.4 is 0 Å². The zero-order valence-electron chi connectivity index (χ0n) is 12.2. The van der Waals surface area contributed by atoms with Gasteiger partial charge in [0.05, 0.1) is 6.20 Å². The van der Waals surface area contributed by atoms with Gasteiger partial charge in [-0.3, -0.25) is 10.00 Å². The summed E-state index contributed by atoms with van der Waals surface area (Å²) in [7, 11) is 0. The van der Waals surface area contributed by atoms with Gasteiger partial charge in [-0.25, -0.2) is 0 Å². The Hall–Kier alpha value is -0.910. The topological polar surface area (TPSA) is 55.4 Å². The third kappa shape index (κ3) is 3.81. The smallest absolute Gasteiger partial charge is 0.0519 e. The van der Waals surface area contributed by atoms with Crippen LogP contribution in [0.3, 0.4) is 0 Å². The van der Waals surface area contributed by atoms with E-state index in [0.29, 0.717) is 12.6 Å². The van der Waals surface area contributed by atoms with Crippen LogP contribution in [-0.2, 0) is 6.42 Å². The zero-order chi connectivity index (χ0) is 13.8. The van der Waals surface area contributed by atoms with Crippen molar-refractivity contribution in [3.63, 3.8) is 0 Å². The molecule has 1 saturated carbocycles. The van der Waals surface area contributed by atoms with Gasteiger partial charge in [0.25, 0.3) is 0 Å². The van der Waals surface area contributed by atoms with Gasteiger partial charge in [-0.1, -0.05) is 0 Å². The highest BCUT2D eigenvalue weighted by Gasteiger charge is 2.31. The fourth-order valence-corrected chi connectivity index (χ4v) is 3.16. The van der Waals surface area contributed by atoms with Crippen LogP contribution in [0, 0.1) is 5.92 Å². The fourth-order valence-electron chi connectivity index (χ4n) is 3.16. The molecule has 1 aliphatic heterocycles. The van der Waals surface area contributed by atoms with Gasteiger partial charge in [-0.05, 0) is 37.2 Å². The lowest BCUT2D eigenvalue weighted by Gasteiger charge is -2.41. The third-order valence-corrected chi connectivity index (χ3v) is 4.61. The molecular weight excluding hydrogens is 252 g/mol. The molecule has 1 aromatic rings. The first-order valence-electron chi connectivity index (χ1n) is 7.90. The third-order valence-electron chi connectivity index (χ3n) is 4.61. The number of nitrogens with one attached hydrogen (secondary N) is 1. The molecule has 1 unspecified atom stereocenters. The summed E-state index contributed by atoms with van der Waals surface area (Å²) in [6.45, 7) is 6.07. The molecule has 0 radical (unpaired) electrons. The number of aliphatic hydroxyl groups excluding tert-OH is 1. The summed E-state index contributed by atoms with van der Waals surface area (Å²) >= 11 is 0. The number of aromatic nitrogens is 2. The number of hydrogen-bond donors (Lipinski definition) is 2. The van der Waals surface area contributed by atoms with Crippen molar-refractivity contribution in [3.05, 3.63) is 18.0 Å². The number of aromatic amines is 1. The van der Waals surface area contributed by atoms with E-state index >= 15 is 0 Å². The molecule has 2 N–H and O–H groups in total. The van der Waals surface area contributed by atoms with Crippen molar-refractivity contribution in [1.29, 1.82) is 0 Å². The summed E-state index contributed by atoms with van der Waals surface area (Å²) in [5.74, 6) is 0.939. The van der Waals surface area contributed by atoms with Crippen LogP contribution in [-0.4, -0.2) is 70.5 Å². The van der Waals surface area contributed by atoms with E-state index in [4.69, 9.17) is 0 Å². The Bertz CT molecular complexity index is 391. The Morgan fingerprint density at radius 3 is 2.95 bits per heavy atom. The maximum atomic E-state index is 9.29. The van der Waals surface area contributed by atoms with Gasteiger partial charge in [0.1, 0.15) is 0 Å². The van der Waals surface area contributed by atoms with Gasteiger partial charge in [-0.15, -0.1) is 0 Å². The summed E-state index contributed by atoms with van der Waals surface area (Å²) in [5, 5.41) is 16.2. The van der Waals surface area contributed by atoms with E-state index in [0.717, 1.165) is 44.9 Å². The highest BCUT2D eigenvalue weighted by Crippen LogP contribution is 2.31. The summed E-state index contributed by atoms with van der Waals surface area (Å²) in [5.41, 5.74) is 1.28. The SMILES string of the molecule is OCCC1CN(CCc2cn[nH]c2)CCN1CC1CC1. The van der Waals surface area contributed by atoms with E-state index in [1.807, 2.05) is 12.4 Å². The van der Waals surface area contributed by atoms with Crippen LogP contribution >= 0.6 is 0 Å². The van der Waals surface area contributed by atoms with Crippen molar-refractivity contribution in [2.45, 2.75) is 31.7 Å². The molecule has 3 rings (SSSR count). The minimum absolute atomic E-state index is 0.307. The second-order valence-electron chi connectivity index (χ2n) is 6.26. The molecule has 5 heteroatoms. The molecule has 2 aliphatic rings. The molecule has 1 saturated heterocycles. The Balaban J connectivity index is 1.48. The lowest BCUT2D eigenvalue weighted by molar-refractivity contribution is 0.0566. The molecular formula is C15H26N4O. The molecule has 0 amide bonds. The average Bonchev–Trinajstić information content (AvgIpc) is 3.12. The highest BCUT2D eigenvalue weighted by molar-refractivity contribution is 5.03. The van der Waals surface area contributed by atoms with E-state index in [1.54, 1.807) is 0 Å². The quantitative estimate of drug-likeness (QED) is 0.772. The molecule has 1 aromatic heterocycles. The Labute approximate surface area is 121 Å². The van der Waals surface area contributed by atoms with Crippen molar-refractivity contribution in [1.82, 2.24) is 20.0 Å². The van der Waals surface area contributed by atoms with E-state index in [-0.39, 0.29) is 0 Å². The number of piperazine rings is 1. The number of hydrogen-bond acceptors (Lipinski definition) is 4.